The van der Waals surface area contributed by atoms with Crippen LogP contribution in [0, 0.1) is 11.3 Å². The second-order valence-electron chi connectivity index (χ2n) is 6.08. The zero-order chi connectivity index (χ0) is 14.6. The van der Waals surface area contributed by atoms with E-state index < -0.39 is 0 Å². The van der Waals surface area contributed by atoms with Gasteiger partial charge in [0, 0.05) is 11.6 Å². The molecule has 0 heterocycles. The number of benzene rings is 1. The maximum absolute atomic E-state index is 6.57. The molecule has 3 heteroatoms. The van der Waals surface area contributed by atoms with E-state index in [1.165, 1.54) is 0 Å². The summed E-state index contributed by atoms with van der Waals surface area (Å²) in [5.74, 6) is 2.11. The highest BCUT2D eigenvalue weighted by atomic mass is 35.5. The second kappa shape index (κ2) is 6.51. The van der Waals surface area contributed by atoms with Gasteiger partial charge in [-0.1, -0.05) is 33.8 Å². The number of rotatable bonds is 5. The van der Waals surface area contributed by atoms with Gasteiger partial charge in [0.25, 0.3) is 0 Å². The zero-order valence-corrected chi connectivity index (χ0v) is 13.5. The summed E-state index contributed by atoms with van der Waals surface area (Å²) in [4.78, 5) is 0. The monoisotopic (exact) mass is 284 g/mol. The average Bonchev–Trinajstić information content (AvgIpc) is 2.36. The molecule has 0 aliphatic rings. The van der Waals surface area contributed by atoms with E-state index in [-0.39, 0.29) is 10.8 Å². The highest BCUT2D eigenvalue weighted by Gasteiger charge is 2.25. The summed E-state index contributed by atoms with van der Waals surface area (Å²) >= 11 is 6.57. The number of methoxy groups -OCH3 is 2. The van der Waals surface area contributed by atoms with Crippen molar-refractivity contribution in [2.45, 2.75) is 39.5 Å². The van der Waals surface area contributed by atoms with E-state index >= 15 is 0 Å². The number of hydrogen-bond acceptors (Lipinski definition) is 2. The molecule has 2 atom stereocenters. The second-order valence-corrected chi connectivity index (χ2v) is 6.61. The Morgan fingerprint density at radius 1 is 1.16 bits per heavy atom. The Morgan fingerprint density at radius 3 is 2.26 bits per heavy atom. The fourth-order valence-corrected chi connectivity index (χ4v) is 2.32. The molecular formula is C16H25ClO2. The predicted molar refractivity (Wildman–Crippen MR) is 81.4 cm³/mol. The molecule has 0 spiro atoms. The molecule has 0 bridgehead atoms. The molecule has 0 radical (unpaired) electrons. The third-order valence-electron chi connectivity index (χ3n) is 3.82. The van der Waals surface area contributed by atoms with Crippen LogP contribution in [0.5, 0.6) is 11.5 Å². The maximum Gasteiger partial charge on any atom is 0.127 e. The molecule has 1 aromatic carbocycles. The van der Waals surface area contributed by atoms with Crippen LogP contribution in [0.4, 0.5) is 0 Å². The van der Waals surface area contributed by atoms with Crippen molar-refractivity contribution < 1.29 is 9.47 Å². The highest BCUT2D eigenvalue weighted by molar-refractivity contribution is 6.21. The number of alkyl halides is 1. The molecule has 0 N–H and O–H groups in total. The lowest BCUT2D eigenvalue weighted by molar-refractivity contribution is 0.244. The minimum absolute atomic E-state index is 0.0462. The minimum atomic E-state index is -0.0462. The van der Waals surface area contributed by atoms with Crippen molar-refractivity contribution in [1.82, 2.24) is 0 Å². The summed E-state index contributed by atoms with van der Waals surface area (Å²) in [5.41, 5.74) is 1.29. The molecule has 2 nitrogen and oxygen atoms in total. The van der Waals surface area contributed by atoms with E-state index in [1.807, 2.05) is 18.2 Å². The molecule has 19 heavy (non-hydrogen) atoms. The topological polar surface area (TPSA) is 18.5 Å². The van der Waals surface area contributed by atoms with Crippen LogP contribution < -0.4 is 9.47 Å². The van der Waals surface area contributed by atoms with Crippen molar-refractivity contribution in [2.75, 3.05) is 14.2 Å². The average molecular weight is 285 g/mol. The van der Waals surface area contributed by atoms with Gasteiger partial charge in [0.05, 0.1) is 19.6 Å². The Balaban J connectivity index is 2.90. The molecule has 2 unspecified atom stereocenters. The van der Waals surface area contributed by atoms with Crippen molar-refractivity contribution in [3.05, 3.63) is 23.8 Å². The first-order valence-corrected chi connectivity index (χ1v) is 7.09. The third-order valence-corrected chi connectivity index (χ3v) is 4.23. The Kier molecular flexibility index (Phi) is 5.54. The van der Waals surface area contributed by atoms with Gasteiger partial charge in [-0.3, -0.25) is 0 Å². The lowest BCUT2D eigenvalue weighted by atomic mass is 9.79. The fourth-order valence-electron chi connectivity index (χ4n) is 1.87. The quantitative estimate of drug-likeness (QED) is 0.704. The molecule has 108 valence electrons. The molecule has 1 rings (SSSR count). The lowest BCUT2D eigenvalue weighted by Crippen LogP contribution is -2.18. The molecule has 0 aliphatic heterocycles. The molecule has 0 fully saturated rings. The van der Waals surface area contributed by atoms with E-state index in [9.17, 15) is 0 Å². The van der Waals surface area contributed by atoms with Gasteiger partial charge in [0.1, 0.15) is 11.5 Å². The van der Waals surface area contributed by atoms with Crippen LogP contribution in [0.25, 0.3) is 0 Å². The van der Waals surface area contributed by atoms with E-state index in [0.717, 1.165) is 23.5 Å². The van der Waals surface area contributed by atoms with Gasteiger partial charge < -0.3 is 9.47 Å². The minimum Gasteiger partial charge on any atom is -0.497 e. The summed E-state index contributed by atoms with van der Waals surface area (Å²) in [5, 5.41) is -0.0462. The summed E-state index contributed by atoms with van der Waals surface area (Å²) in [6.07, 6.45) is 0.924. The predicted octanol–water partition coefficient (Wildman–Crippen LogP) is 5.06. The summed E-state index contributed by atoms with van der Waals surface area (Å²) in [7, 11) is 3.31. The van der Waals surface area contributed by atoms with Gasteiger partial charge in [0.2, 0.25) is 0 Å². The van der Waals surface area contributed by atoms with Crippen LogP contribution in [0.3, 0.4) is 0 Å². The zero-order valence-electron chi connectivity index (χ0n) is 12.8. The van der Waals surface area contributed by atoms with Crippen molar-refractivity contribution in [3.63, 3.8) is 0 Å². The molecule has 0 saturated carbocycles. The van der Waals surface area contributed by atoms with Gasteiger partial charge in [-0.2, -0.15) is 0 Å². The van der Waals surface area contributed by atoms with E-state index in [4.69, 9.17) is 21.1 Å². The van der Waals surface area contributed by atoms with Gasteiger partial charge in [-0.15, -0.1) is 11.6 Å². The summed E-state index contributed by atoms with van der Waals surface area (Å²) in [6, 6.07) is 5.80. The Bertz CT molecular complexity index is 410. The van der Waals surface area contributed by atoms with Gasteiger partial charge in [-0.25, -0.2) is 0 Å². The van der Waals surface area contributed by atoms with Crippen molar-refractivity contribution >= 4 is 11.6 Å². The smallest absolute Gasteiger partial charge is 0.127 e. The Labute approximate surface area is 122 Å². The van der Waals surface area contributed by atoms with Crippen molar-refractivity contribution in [1.29, 1.82) is 0 Å². The highest BCUT2D eigenvalue weighted by Crippen LogP contribution is 2.40. The Hall–Kier alpha value is -0.890. The largest absolute Gasteiger partial charge is 0.497 e. The molecule has 0 aliphatic carbocycles. The van der Waals surface area contributed by atoms with E-state index in [1.54, 1.807) is 14.2 Å². The third kappa shape index (κ3) is 4.31. The standard InChI is InChI=1S/C16H25ClO2/c1-11(16(2,3)4)9-14(17)13-8-7-12(18-5)10-15(13)19-6/h7-8,10-11,14H,9H2,1-6H3. The van der Waals surface area contributed by atoms with Crippen LogP contribution in [0.15, 0.2) is 18.2 Å². The summed E-state index contributed by atoms with van der Waals surface area (Å²) in [6.45, 7) is 8.97. The van der Waals surface area contributed by atoms with Crippen molar-refractivity contribution in [2.24, 2.45) is 11.3 Å². The van der Waals surface area contributed by atoms with Gasteiger partial charge in [0.15, 0.2) is 0 Å². The first-order valence-electron chi connectivity index (χ1n) is 6.65. The fraction of sp³-hybridized carbons (Fsp3) is 0.625. The van der Waals surface area contributed by atoms with Crippen LogP contribution in [0.1, 0.15) is 45.1 Å². The van der Waals surface area contributed by atoms with E-state index in [0.29, 0.717) is 5.92 Å². The van der Waals surface area contributed by atoms with E-state index in [2.05, 4.69) is 27.7 Å². The number of ether oxygens (including phenoxy) is 2. The maximum atomic E-state index is 6.57. The molecule has 0 amide bonds. The van der Waals surface area contributed by atoms with Crippen LogP contribution in [-0.2, 0) is 0 Å². The van der Waals surface area contributed by atoms with Crippen LogP contribution >= 0.6 is 11.6 Å². The first-order chi connectivity index (χ1) is 8.79. The summed E-state index contributed by atoms with van der Waals surface area (Å²) < 4.78 is 10.6. The SMILES string of the molecule is COc1ccc(C(Cl)CC(C)C(C)(C)C)c(OC)c1. The molecular weight excluding hydrogens is 260 g/mol. The molecule has 1 aromatic rings. The molecule has 0 aromatic heterocycles. The van der Waals surface area contributed by atoms with Gasteiger partial charge >= 0.3 is 0 Å². The lowest BCUT2D eigenvalue weighted by Gasteiger charge is -2.29. The molecule has 0 saturated heterocycles. The number of hydrogen-bond donors (Lipinski definition) is 0. The van der Waals surface area contributed by atoms with Gasteiger partial charge in [-0.05, 0) is 23.8 Å². The van der Waals surface area contributed by atoms with Crippen LogP contribution in [-0.4, -0.2) is 14.2 Å². The van der Waals surface area contributed by atoms with Crippen molar-refractivity contribution in [3.8, 4) is 11.5 Å². The number of halogens is 1. The normalized spacial score (nSPS) is 14.9. The van der Waals surface area contributed by atoms with Crippen LogP contribution in [0.2, 0.25) is 0 Å². The first kappa shape index (κ1) is 16.2. The Morgan fingerprint density at radius 2 is 1.79 bits per heavy atom.